The van der Waals surface area contributed by atoms with Crippen molar-refractivity contribution in [1.82, 2.24) is 10.1 Å². The molecule has 1 saturated carbocycles. The summed E-state index contributed by atoms with van der Waals surface area (Å²) in [6, 6.07) is 6.05. The molecule has 1 fully saturated rings. The van der Waals surface area contributed by atoms with Crippen molar-refractivity contribution in [2.75, 3.05) is 6.61 Å². The maximum Gasteiger partial charge on any atom is 0.230 e. The van der Waals surface area contributed by atoms with E-state index in [1.165, 1.54) is 11.1 Å². The van der Waals surface area contributed by atoms with E-state index in [0.29, 0.717) is 24.7 Å². The molecule has 1 aliphatic rings. The average molecular weight is 287 g/mol. The van der Waals surface area contributed by atoms with Gasteiger partial charge in [-0.25, -0.2) is 0 Å². The van der Waals surface area contributed by atoms with E-state index >= 15 is 0 Å². The Kier molecular flexibility index (Phi) is 3.68. The molecule has 0 spiro atoms. The second kappa shape index (κ2) is 5.48. The van der Waals surface area contributed by atoms with Gasteiger partial charge in [-0.2, -0.15) is 4.98 Å². The predicted molar refractivity (Wildman–Crippen MR) is 79.1 cm³/mol. The van der Waals surface area contributed by atoms with Crippen LogP contribution in [0, 0.1) is 13.8 Å². The number of aryl methyl sites for hydroxylation is 1. The smallest absolute Gasteiger partial charge is 0.230 e. The first-order valence-corrected chi connectivity index (χ1v) is 7.39. The first-order valence-electron chi connectivity index (χ1n) is 7.39. The van der Waals surface area contributed by atoms with Gasteiger partial charge in [0.05, 0.1) is 18.6 Å². The van der Waals surface area contributed by atoms with Gasteiger partial charge in [0, 0.05) is 0 Å². The Hall–Kier alpha value is -1.88. The SMILES string of the molecule is Cc1cccc(OCCc2nc(C3(N)CCC3)no2)c1C. The highest BCUT2D eigenvalue weighted by atomic mass is 16.5. The van der Waals surface area contributed by atoms with Gasteiger partial charge in [0.2, 0.25) is 5.89 Å². The molecule has 0 saturated heterocycles. The number of nitrogens with two attached hydrogens (primary N) is 1. The molecule has 112 valence electrons. The van der Waals surface area contributed by atoms with Gasteiger partial charge in [0.15, 0.2) is 5.82 Å². The highest BCUT2D eigenvalue weighted by molar-refractivity contribution is 5.38. The Bertz CT molecular complexity index is 632. The van der Waals surface area contributed by atoms with Crippen molar-refractivity contribution >= 4 is 0 Å². The fourth-order valence-electron chi connectivity index (χ4n) is 2.47. The van der Waals surface area contributed by atoms with E-state index in [2.05, 4.69) is 30.1 Å². The second-order valence-corrected chi connectivity index (χ2v) is 5.82. The minimum Gasteiger partial charge on any atom is -0.493 e. The normalized spacial score (nSPS) is 16.5. The minimum absolute atomic E-state index is 0.365. The molecule has 1 aromatic heterocycles. The van der Waals surface area contributed by atoms with E-state index in [4.69, 9.17) is 15.0 Å². The van der Waals surface area contributed by atoms with Crippen molar-refractivity contribution in [1.29, 1.82) is 0 Å². The summed E-state index contributed by atoms with van der Waals surface area (Å²) in [4.78, 5) is 4.39. The van der Waals surface area contributed by atoms with Gasteiger partial charge in [0.25, 0.3) is 0 Å². The third kappa shape index (κ3) is 2.78. The van der Waals surface area contributed by atoms with Crippen LogP contribution in [0.3, 0.4) is 0 Å². The number of nitrogens with zero attached hydrogens (tertiary/aromatic N) is 2. The molecular weight excluding hydrogens is 266 g/mol. The molecule has 5 nitrogen and oxygen atoms in total. The summed E-state index contributed by atoms with van der Waals surface area (Å²) < 4.78 is 11.1. The molecule has 2 N–H and O–H groups in total. The van der Waals surface area contributed by atoms with Crippen LogP contribution in [0.5, 0.6) is 5.75 Å². The van der Waals surface area contributed by atoms with Crippen molar-refractivity contribution in [3.05, 3.63) is 41.0 Å². The Labute approximate surface area is 124 Å². The first-order chi connectivity index (χ1) is 10.1. The zero-order valence-corrected chi connectivity index (χ0v) is 12.6. The molecule has 2 aromatic rings. The fourth-order valence-corrected chi connectivity index (χ4v) is 2.47. The third-order valence-electron chi connectivity index (χ3n) is 4.29. The maximum atomic E-state index is 6.18. The summed E-state index contributed by atoms with van der Waals surface area (Å²) in [7, 11) is 0. The van der Waals surface area contributed by atoms with Gasteiger partial charge in [-0.1, -0.05) is 17.3 Å². The summed E-state index contributed by atoms with van der Waals surface area (Å²) in [6.07, 6.45) is 3.60. The Balaban J connectivity index is 1.57. The number of ether oxygens (including phenoxy) is 1. The van der Waals surface area contributed by atoms with Gasteiger partial charge in [-0.3, -0.25) is 0 Å². The quantitative estimate of drug-likeness (QED) is 0.915. The van der Waals surface area contributed by atoms with Crippen LogP contribution in [0.2, 0.25) is 0 Å². The zero-order valence-electron chi connectivity index (χ0n) is 12.6. The van der Waals surface area contributed by atoms with E-state index in [1.807, 2.05) is 12.1 Å². The number of rotatable bonds is 5. The number of hydrogen-bond donors (Lipinski definition) is 1. The van der Waals surface area contributed by atoms with Crippen LogP contribution >= 0.6 is 0 Å². The average Bonchev–Trinajstić information content (AvgIpc) is 2.90. The van der Waals surface area contributed by atoms with Gasteiger partial charge < -0.3 is 15.0 Å². The molecule has 3 rings (SSSR count). The topological polar surface area (TPSA) is 74.2 Å². The molecule has 5 heteroatoms. The lowest BCUT2D eigenvalue weighted by atomic mass is 9.77. The Morgan fingerprint density at radius 2 is 2.14 bits per heavy atom. The minimum atomic E-state index is -0.365. The summed E-state index contributed by atoms with van der Waals surface area (Å²) in [5.74, 6) is 2.13. The van der Waals surface area contributed by atoms with Crippen LogP contribution in [0.15, 0.2) is 22.7 Å². The van der Waals surface area contributed by atoms with Gasteiger partial charge in [0.1, 0.15) is 5.75 Å². The Morgan fingerprint density at radius 3 is 2.86 bits per heavy atom. The molecule has 1 heterocycles. The molecule has 0 amide bonds. The lowest BCUT2D eigenvalue weighted by molar-refractivity contribution is 0.228. The molecule has 0 unspecified atom stereocenters. The van der Waals surface area contributed by atoms with Crippen LogP contribution in [0.1, 0.15) is 42.1 Å². The van der Waals surface area contributed by atoms with Crippen LogP contribution in [-0.4, -0.2) is 16.7 Å². The van der Waals surface area contributed by atoms with Gasteiger partial charge in [-0.15, -0.1) is 0 Å². The van der Waals surface area contributed by atoms with E-state index in [1.54, 1.807) is 0 Å². The molecule has 0 bridgehead atoms. The van der Waals surface area contributed by atoms with Crippen LogP contribution in [0.4, 0.5) is 0 Å². The van der Waals surface area contributed by atoms with Crippen LogP contribution in [-0.2, 0) is 12.0 Å². The summed E-state index contributed by atoms with van der Waals surface area (Å²) in [5, 5.41) is 4.00. The van der Waals surface area contributed by atoms with Crippen molar-refractivity contribution in [2.24, 2.45) is 5.73 Å². The van der Waals surface area contributed by atoms with E-state index in [9.17, 15) is 0 Å². The third-order valence-corrected chi connectivity index (χ3v) is 4.29. The van der Waals surface area contributed by atoms with Crippen LogP contribution in [0.25, 0.3) is 0 Å². The molecule has 0 radical (unpaired) electrons. The van der Waals surface area contributed by atoms with Gasteiger partial charge >= 0.3 is 0 Å². The maximum absolute atomic E-state index is 6.18. The second-order valence-electron chi connectivity index (χ2n) is 5.82. The fraction of sp³-hybridized carbons (Fsp3) is 0.500. The number of hydrogen-bond acceptors (Lipinski definition) is 5. The monoisotopic (exact) mass is 287 g/mol. The van der Waals surface area contributed by atoms with Crippen LogP contribution < -0.4 is 10.5 Å². The van der Waals surface area contributed by atoms with Gasteiger partial charge in [-0.05, 0) is 50.3 Å². The highest BCUT2D eigenvalue weighted by Gasteiger charge is 2.38. The van der Waals surface area contributed by atoms with E-state index in [-0.39, 0.29) is 5.54 Å². The van der Waals surface area contributed by atoms with Crippen molar-refractivity contribution in [2.45, 2.75) is 45.1 Å². The summed E-state index contributed by atoms with van der Waals surface area (Å²) in [5.41, 5.74) is 8.20. The molecule has 0 aliphatic heterocycles. The number of aromatic nitrogens is 2. The molecule has 21 heavy (non-hydrogen) atoms. The summed E-state index contributed by atoms with van der Waals surface area (Å²) in [6.45, 7) is 4.65. The summed E-state index contributed by atoms with van der Waals surface area (Å²) >= 11 is 0. The largest absolute Gasteiger partial charge is 0.493 e. The van der Waals surface area contributed by atoms with Crippen molar-refractivity contribution < 1.29 is 9.26 Å². The van der Waals surface area contributed by atoms with E-state index < -0.39 is 0 Å². The number of benzene rings is 1. The molecule has 1 aliphatic carbocycles. The van der Waals surface area contributed by atoms with Crippen molar-refractivity contribution in [3.63, 3.8) is 0 Å². The predicted octanol–water partition coefficient (Wildman–Crippen LogP) is 2.65. The lowest BCUT2D eigenvalue weighted by Gasteiger charge is -2.34. The molecular formula is C16H21N3O2. The molecule has 1 aromatic carbocycles. The zero-order chi connectivity index (χ0) is 14.9. The Morgan fingerprint density at radius 1 is 1.33 bits per heavy atom. The van der Waals surface area contributed by atoms with Crippen molar-refractivity contribution in [3.8, 4) is 5.75 Å². The lowest BCUT2D eigenvalue weighted by Crippen LogP contribution is -2.44. The highest BCUT2D eigenvalue weighted by Crippen LogP contribution is 2.36. The standard InChI is InChI=1S/C16H21N3O2/c1-11-5-3-6-13(12(11)2)20-10-7-14-18-15(19-21-14)16(17)8-4-9-16/h3,5-6H,4,7-10,17H2,1-2H3. The van der Waals surface area contributed by atoms with E-state index in [0.717, 1.165) is 25.0 Å². The molecule has 0 atom stereocenters. The first kappa shape index (κ1) is 14.1.